The summed E-state index contributed by atoms with van der Waals surface area (Å²) in [6, 6.07) is 4.53. The van der Waals surface area contributed by atoms with Crippen molar-refractivity contribution < 1.29 is 22.0 Å². The second kappa shape index (κ2) is 8.21. The third kappa shape index (κ3) is 4.86. The summed E-state index contributed by atoms with van der Waals surface area (Å²) < 4.78 is 49.3. The molecule has 0 fully saturated rings. The summed E-state index contributed by atoms with van der Waals surface area (Å²) in [5.41, 5.74) is 0.298. The van der Waals surface area contributed by atoms with Gasteiger partial charge in [-0.1, -0.05) is 17.8 Å². The van der Waals surface area contributed by atoms with E-state index in [-0.39, 0.29) is 11.7 Å². The van der Waals surface area contributed by atoms with Gasteiger partial charge >= 0.3 is 5.76 Å². The quantitative estimate of drug-likeness (QED) is 0.550. The second-order valence-electron chi connectivity index (χ2n) is 4.72. The van der Waals surface area contributed by atoms with Crippen molar-refractivity contribution >= 4 is 33.2 Å². The number of alkyl halides is 2. The summed E-state index contributed by atoms with van der Waals surface area (Å²) in [5.74, 6) is -3.80. The van der Waals surface area contributed by atoms with Gasteiger partial charge in [-0.25, -0.2) is 8.42 Å². The summed E-state index contributed by atoms with van der Waals surface area (Å²) in [7, 11) is -4.65. The number of aromatic nitrogens is 3. The fraction of sp³-hybridized carbons (Fsp3) is 0.214. The number of amides is 1. The number of rotatable bonds is 8. The van der Waals surface area contributed by atoms with Crippen LogP contribution < -0.4 is 5.32 Å². The third-order valence-electron chi connectivity index (χ3n) is 2.94. The van der Waals surface area contributed by atoms with Crippen molar-refractivity contribution in [2.45, 2.75) is 22.4 Å². The van der Waals surface area contributed by atoms with E-state index in [0.717, 1.165) is 12.1 Å². The maximum atomic E-state index is 12.5. The van der Waals surface area contributed by atoms with Crippen LogP contribution in [0.3, 0.4) is 0 Å². The largest absolute Gasteiger partial charge is 0.341 e. The summed E-state index contributed by atoms with van der Waals surface area (Å²) in [5, 5.41) is 10.7. The molecule has 0 saturated heterocycles. The van der Waals surface area contributed by atoms with Gasteiger partial charge in [0.05, 0.1) is 10.6 Å². The van der Waals surface area contributed by atoms with E-state index < -0.39 is 20.5 Å². The highest BCUT2D eigenvalue weighted by atomic mass is 32.2. The number of hydrogen-bond donors (Lipinski definition) is 1. The number of anilines is 1. The average Bonchev–Trinajstić information content (AvgIpc) is 3.01. The van der Waals surface area contributed by atoms with Gasteiger partial charge in [0, 0.05) is 12.2 Å². The van der Waals surface area contributed by atoms with E-state index in [0.29, 0.717) is 17.4 Å². The number of nitrogens with zero attached hydrogens (tertiary/aromatic N) is 3. The molecule has 25 heavy (non-hydrogen) atoms. The minimum atomic E-state index is -4.65. The first-order valence-electron chi connectivity index (χ1n) is 6.88. The number of thioether (sulfide) groups is 1. The van der Waals surface area contributed by atoms with Crippen molar-refractivity contribution in [2.24, 2.45) is 0 Å². The lowest BCUT2D eigenvalue weighted by Crippen LogP contribution is -2.15. The number of sulfone groups is 1. The molecule has 1 aromatic carbocycles. The molecule has 7 nitrogen and oxygen atoms in total. The predicted molar refractivity (Wildman–Crippen MR) is 89.2 cm³/mol. The lowest BCUT2D eigenvalue weighted by molar-refractivity contribution is -0.113. The third-order valence-corrected chi connectivity index (χ3v) is 5.32. The molecule has 1 heterocycles. The van der Waals surface area contributed by atoms with Crippen molar-refractivity contribution in [3.63, 3.8) is 0 Å². The topological polar surface area (TPSA) is 93.9 Å². The van der Waals surface area contributed by atoms with Gasteiger partial charge in [0.1, 0.15) is 6.33 Å². The first kappa shape index (κ1) is 19.1. The minimum Gasteiger partial charge on any atom is -0.325 e. The van der Waals surface area contributed by atoms with Gasteiger partial charge < -0.3 is 9.88 Å². The number of allylic oxidation sites excluding steroid dienone is 1. The number of hydrogen-bond acceptors (Lipinski definition) is 6. The average molecular weight is 388 g/mol. The molecular weight excluding hydrogens is 374 g/mol. The number of nitrogens with one attached hydrogen (secondary N) is 1. The molecule has 0 unspecified atom stereocenters. The molecule has 0 aliphatic heterocycles. The Balaban J connectivity index is 1.94. The van der Waals surface area contributed by atoms with E-state index in [2.05, 4.69) is 22.1 Å². The van der Waals surface area contributed by atoms with Crippen LogP contribution in [-0.2, 0) is 21.2 Å². The molecule has 134 valence electrons. The zero-order chi connectivity index (χ0) is 18.4. The molecule has 0 aliphatic carbocycles. The van der Waals surface area contributed by atoms with Gasteiger partial charge in [-0.3, -0.25) is 4.79 Å². The predicted octanol–water partition coefficient (Wildman–Crippen LogP) is 2.19. The van der Waals surface area contributed by atoms with Crippen LogP contribution in [0, 0.1) is 0 Å². The number of benzene rings is 1. The molecule has 0 aliphatic rings. The van der Waals surface area contributed by atoms with Gasteiger partial charge in [0.2, 0.25) is 15.7 Å². The molecule has 1 N–H and O–H groups in total. The molecule has 0 bridgehead atoms. The van der Waals surface area contributed by atoms with E-state index in [1.54, 1.807) is 10.6 Å². The highest BCUT2D eigenvalue weighted by molar-refractivity contribution is 7.99. The Morgan fingerprint density at radius 3 is 2.64 bits per heavy atom. The lowest BCUT2D eigenvalue weighted by Gasteiger charge is -2.07. The molecular formula is C14H14F2N4O3S2. The first-order valence-corrected chi connectivity index (χ1v) is 9.41. The Bertz CT molecular complexity index is 851. The maximum absolute atomic E-state index is 12.5. The Morgan fingerprint density at radius 2 is 2.04 bits per heavy atom. The van der Waals surface area contributed by atoms with Crippen molar-refractivity contribution in [1.29, 1.82) is 0 Å². The fourth-order valence-electron chi connectivity index (χ4n) is 1.78. The minimum absolute atomic E-state index is 0.0485. The van der Waals surface area contributed by atoms with Crippen LogP contribution in [0.4, 0.5) is 14.5 Å². The maximum Gasteiger partial charge on any atom is 0.341 e. The van der Waals surface area contributed by atoms with Crippen LogP contribution >= 0.6 is 11.8 Å². The molecule has 1 aromatic heterocycles. The highest BCUT2D eigenvalue weighted by Crippen LogP contribution is 2.21. The molecule has 2 aromatic rings. The number of carbonyl (C=O) groups excluding carboxylic acids is 1. The van der Waals surface area contributed by atoms with E-state index in [9.17, 15) is 22.0 Å². The molecule has 0 radical (unpaired) electrons. The standard InChI is InChI=1S/C14H14F2N4O3S2/c1-2-7-20-9-17-19-14(20)24-8-12(21)18-10-3-5-11(6-4-10)25(22,23)13(15)16/h2-6,9,13H,1,7-8H2,(H,18,21). The molecule has 0 saturated carbocycles. The summed E-state index contributed by atoms with van der Waals surface area (Å²) >= 11 is 1.17. The smallest absolute Gasteiger partial charge is 0.325 e. The second-order valence-corrected chi connectivity index (χ2v) is 7.58. The van der Waals surface area contributed by atoms with E-state index in [1.807, 2.05) is 0 Å². The van der Waals surface area contributed by atoms with E-state index in [4.69, 9.17) is 0 Å². The van der Waals surface area contributed by atoms with Crippen LogP contribution in [-0.4, -0.2) is 40.6 Å². The highest BCUT2D eigenvalue weighted by Gasteiger charge is 2.26. The van der Waals surface area contributed by atoms with Gasteiger partial charge in [-0.15, -0.1) is 16.8 Å². The molecule has 0 atom stereocenters. The van der Waals surface area contributed by atoms with E-state index >= 15 is 0 Å². The van der Waals surface area contributed by atoms with Crippen molar-refractivity contribution in [3.8, 4) is 0 Å². The van der Waals surface area contributed by atoms with Gasteiger partial charge in [-0.05, 0) is 24.3 Å². The SMILES string of the molecule is C=CCn1cnnc1SCC(=O)Nc1ccc(S(=O)(=O)C(F)F)cc1. The van der Waals surface area contributed by atoms with Gasteiger partial charge in [0.15, 0.2) is 5.16 Å². The number of carbonyl (C=O) groups is 1. The summed E-state index contributed by atoms with van der Waals surface area (Å²) in [4.78, 5) is 11.4. The number of halogens is 2. The van der Waals surface area contributed by atoms with Crippen LogP contribution in [0.2, 0.25) is 0 Å². The fourth-order valence-corrected chi connectivity index (χ4v) is 3.22. The lowest BCUT2D eigenvalue weighted by atomic mass is 10.3. The van der Waals surface area contributed by atoms with Crippen LogP contribution in [0.1, 0.15) is 0 Å². The zero-order valence-corrected chi connectivity index (χ0v) is 14.4. The molecule has 0 spiro atoms. The Labute approximate surface area is 147 Å². The van der Waals surface area contributed by atoms with E-state index in [1.165, 1.54) is 30.2 Å². The Kier molecular flexibility index (Phi) is 6.26. The Hall–Kier alpha value is -2.27. The van der Waals surface area contributed by atoms with Crippen LogP contribution in [0.25, 0.3) is 0 Å². The first-order chi connectivity index (χ1) is 11.8. The molecule has 1 amide bonds. The normalized spacial score (nSPS) is 11.5. The van der Waals surface area contributed by atoms with Crippen LogP contribution in [0.15, 0.2) is 53.3 Å². The van der Waals surface area contributed by atoms with Gasteiger partial charge in [-0.2, -0.15) is 8.78 Å². The summed E-state index contributed by atoms with van der Waals surface area (Å²) in [6.45, 7) is 4.12. The van der Waals surface area contributed by atoms with Crippen molar-refractivity contribution in [2.75, 3.05) is 11.1 Å². The monoisotopic (exact) mass is 388 g/mol. The van der Waals surface area contributed by atoms with Crippen molar-refractivity contribution in [3.05, 3.63) is 43.2 Å². The van der Waals surface area contributed by atoms with Crippen LogP contribution in [0.5, 0.6) is 0 Å². The Morgan fingerprint density at radius 1 is 1.36 bits per heavy atom. The van der Waals surface area contributed by atoms with Crippen molar-refractivity contribution in [1.82, 2.24) is 14.8 Å². The molecule has 11 heteroatoms. The van der Waals surface area contributed by atoms with Gasteiger partial charge in [0.25, 0.3) is 0 Å². The summed E-state index contributed by atoms with van der Waals surface area (Å²) in [6.07, 6.45) is 3.19. The zero-order valence-electron chi connectivity index (χ0n) is 12.8. The molecule has 2 rings (SSSR count).